The summed E-state index contributed by atoms with van der Waals surface area (Å²) in [7, 11) is 0. The van der Waals surface area contributed by atoms with Gasteiger partial charge in [-0.25, -0.2) is 9.97 Å². The molecule has 4 heteroatoms. The van der Waals surface area contributed by atoms with E-state index in [4.69, 9.17) is 5.73 Å². The molecule has 0 saturated carbocycles. The highest BCUT2D eigenvalue weighted by Crippen LogP contribution is 2.25. The number of nitrogen functional groups attached to an aromatic ring is 1. The Bertz CT molecular complexity index is 662. The van der Waals surface area contributed by atoms with Crippen molar-refractivity contribution in [2.45, 2.75) is 0 Å². The molecule has 88 valence electrons. The van der Waals surface area contributed by atoms with Crippen LogP contribution < -0.4 is 5.73 Å². The smallest absolute Gasteiger partial charge is 0.159 e. The highest BCUT2D eigenvalue weighted by Gasteiger charge is 2.05. The monoisotopic (exact) mass is 253 g/mol. The quantitative estimate of drug-likeness (QED) is 0.712. The summed E-state index contributed by atoms with van der Waals surface area (Å²) in [6.45, 7) is 0. The Kier molecular flexibility index (Phi) is 2.78. The Hall–Kier alpha value is -2.20. The lowest BCUT2D eigenvalue weighted by molar-refractivity contribution is 1.18. The van der Waals surface area contributed by atoms with Gasteiger partial charge < -0.3 is 5.73 Å². The van der Waals surface area contributed by atoms with Crippen LogP contribution in [0.4, 0.5) is 5.69 Å². The molecule has 3 nitrogen and oxygen atoms in total. The van der Waals surface area contributed by atoms with Crippen LogP contribution in [0.2, 0.25) is 0 Å². The second kappa shape index (κ2) is 4.58. The number of nitrogens with zero attached hydrogens (tertiary/aromatic N) is 2. The average Bonchev–Trinajstić information content (AvgIpc) is 2.93. The second-order valence-corrected chi connectivity index (χ2v) is 4.82. The average molecular weight is 253 g/mol. The summed E-state index contributed by atoms with van der Waals surface area (Å²) in [4.78, 5) is 10.0. The van der Waals surface area contributed by atoms with Crippen molar-refractivity contribution in [3.63, 3.8) is 0 Å². The third-order valence-electron chi connectivity index (χ3n) is 2.57. The number of hydrogen-bond donors (Lipinski definition) is 1. The zero-order valence-electron chi connectivity index (χ0n) is 9.58. The lowest BCUT2D eigenvalue weighted by Crippen LogP contribution is -1.92. The van der Waals surface area contributed by atoms with Crippen LogP contribution in [-0.2, 0) is 0 Å². The fourth-order valence-electron chi connectivity index (χ4n) is 1.74. The fraction of sp³-hybridized carbons (Fsp3) is 0. The third-order valence-corrected chi connectivity index (χ3v) is 3.47. The molecule has 0 amide bonds. The first-order valence-corrected chi connectivity index (χ1v) is 6.44. The summed E-state index contributed by atoms with van der Waals surface area (Å²) in [6.07, 6.45) is 1.78. The molecule has 0 saturated heterocycles. The summed E-state index contributed by atoms with van der Waals surface area (Å²) in [6, 6.07) is 13.6. The third kappa shape index (κ3) is 2.10. The predicted octanol–water partition coefficient (Wildman–Crippen LogP) is 3.45. The highest BCUT2D eigenvalue weighted by atomic mass is 32.1. The number of benzene rings is 1. The molecule has 0 aliphatic carbocycles. The van der Waals surface area contributed by atoms with Crippen molar-refractivity contribution in [1.82, 2.24) is 9.97 Å². The molecule has 0 aliphatic heterocycles. The number of thiophene rings is 1. The molecule has 18 heavy (non-hydrogen) atoms. The van der Waals surface area contributed by atoms with Crippen molar-refractivity contribution in [2.75, 3.05) is 5.73 Å². The second-order valence-electron chi connectivity index (χ2n) is 3.87. The van der Waals surface area contributed by atoms with Crippen molar-refractivity contribution >= 4 is 17.0 Å². The molecule has 2 aromatic heterocycles. The van der Waals surface area contributed by atoms with Gasteiger partial charge >= 0.3 is 0 Å². The Morgan fingerprint density at radius 2 is 2.00 bits per heavy atom. The van der Waals surface area contributed by atoms with Gasteiger partial charge in [0.05, 0.1) is 10.6 Å². The van der Waals surface area contributed by atoms with E-state index in [9.17, 15) is 0 Å². The Morgan fingerprint density at radius 3 is 2.78 bits per heavy atom. The first-order valence-electron chi connectivity index (χ1n) is 5.56. The van der Waals surface area contributed by atoms with Crippen LogP contribution in [0.5, 0.6) is 0 Å². The van der Waals surface area contributed by atoms with Gasteiger partial charge in [-0.05, 0) is 29.6 Å². The predicted molar refractivity (Wildman–Crippen MR) is 75.2 cm³/mol. The van der Waals surface area contributed by atoms with Crippen molar-refractivity contribution in [1.29, 1.82) is 0 Å². The molecule has 0 atom stereocenters. The van der Waals surface area contributed by atoms with Gasteiger partial charge in [0, 0.05) is 17.4 Å². The molecule has 1 aromatic carbocycles. The van der Waals surface area contributed by atoms with Crippen molar-refractivity contribution in [3.05, 3.63) is 54.0 Å². The fourth-order valence-corrected chi connectivity index (χ4v) is 2.43. The van der Waals surface area contributed by atoms with Gasteiger partial charge in [-0.2, -0.15) is 0 Å². The lowest BCUT2D eigenvalue weighted by Gasteiger charge is -2.03. The van der Waals surface area contributed by atoms with Gasteiger partial charge in [-0.15, -0.1) is 11.3 Å². The maximum atomic E-state index is 5.78. The molecule has 0 aliphatic rings. The number of anilines is 1. The molecule has 3 rings (SSSR count). The van der Waals surface area contributed by atoms with Gasteiger partial charge in [-0.1, -0.05) is 18.2 Å². The summed E-state index contributed by atoms with van der Waals surface area (Å²) in [5.74, 6) is 0.702. The molecule has 2 N–H and O–H groups in total. The van der Waals surface area contributed by atoms with Crippen molar-refractivity contribution in [3.8, 4) is 22.0 Å². The van der Waals surface area contributed by atoms with Crippen LogP contribution in [0.25, 0.3) is 22.0 Å². The maximum absolute atomic E-state index is 5.78. The van der Waals surface area contributed by atoms with Crippen LogP contribution in [0, 0.1) is 0 Å². The number of aromatic nitrogens is 2. The van der Waals surface area contributed by atoms with Crippen LogP contribution in [-0.4, -0.2) is 9.97 Å². The van der Waals surface area contributed by atoms with Crippen LogP contribution in [0.3, 0.4) is 0 Å². The van der Waals surface area contributed by atoms with Gasteiger partial charge in [0.2, 0.25) is 0 Å². The van der Waals surface area contributed by atoms with Gasteiger partial charge in [-0.3, -0.25) is 0 Å². The Balaban J connectivity index is 2.06. The molecule has 0 bridgehead atoms. The van der Waals surface area contributed by atoms with Crippen molar-refractivity contribution in [2.24, 2.45) is 0 Å². The van der Waals surface area contributed by atoms with E-state index in [1.165, 1.54) is 0 Å². The molecule has 0 unspecified atom stereocenters. The zero-order chi connectivity index (χ0) is 12.4. The molecule has 0 spiro atoms. The molecular formula is C14H11N3S. The molecule has 2 heterocycles. The van der Waals surface area contributed by atoms with Crippen molar-refractivity contribution < 1.29 is 0 Å². The van der Waals surface area contributed by atoms with E-state index >= 15 is 0 Å². The summed E-state index contributed by atoms with van der Waals surface area (Å²) < 4.78 is 0. The van der Waals surface area contributed by atoms with Crippen LogP contribution >= 0.6 is 11.3 Å². The van der Waals surface area contributed by atoms with E-state index in [2.05, 4.69) is 16.0 Å². The Morgan fingerprint density at radius 1 is 1.06 bits per heavy atom. The van der Waals surface area contributed by atoms with Gasteiger partial charge in [0.25, 0.3) is 0 Å². The topological polar surface area (TPSA) is 51.8 Å². The standard InChI is InChI=1S/C14H11N3S/c15-11-4-1-3-10(9-11)14-16-7-6-12(17-14)13-5-2-8-18-13/h1-9H,15H2. The first kappa shape index (κ1) is 10.9. The highest BCUT2D eigenvalue weighted by molar-refractivity contribution is 7.13. The van der Waals surface area contributed by atoms with E-state index in [1.807, 2.05) is 41.8 Å². The van der Waals surface area contributed by atoms with E-state index in [-0.39, 0.29) is 0 Å². The van der Waals surface area contributed by atoms with E-state index in [1.54, 1.807) is 17.5 Å². The van der Waals surface area contributed by atoms with E-state index in [0.717, 1.165) is 21.8 Å². The summed E-state index contributed by atoms with van der Waals surface area (Å²) >= 11 is 1.67. The summed E-state index contributed by atoms with van der Waals surface area (Å²) in [5.41, 5.74) is 8.38. The van der Waals surface area contributed by atoms with Gasteiger partial charge in [0.1, 0.15) is 0 Å². The molecule has 0 fully saturated rings. The minimum atomic E-state index is 0.702. The van der Waals surface area contributed by atoms with E-state index in [0.29, 0.717) is 5.82 Å². The minimum absolute atomic E-state index is 0.702. The molecule has 3 aromatic rings. The molecular weight excluding hydrogens is 242 g/mol. The van der Waals surface area contributed by atoms with Crippen LogP contribution in [0.15, 0.2) is 54.0 Å². The number of rotatable bonds is 2. The number of hydrogen-bond acceptors (Lipinski definition) is 4. The van der Waals surface area contributed by atoms with E-state index < -0.39 is 0 Å². The lowest BCUT2D eigenvalue weighted by atomic mass is 10.2. The maximum Gasteiger partial charge on any atom is 0.159 e. The molecule has 0 radical (unpaired) electrons. The normalized spacial score (nSPS) is 10.4. The SMILES string of the molecule is Nc1cccc(-c2nccc(-c3cccs3)n2)c1. The zero-order valence-corrected chi connectivity index (χ0v) is 10.4. The van der Waals surface area contributed by atoms with Gasteiger partial charge in [0.15, 0.2) is 5.82 Å². The Labute approximate surface area is 109 Å². The summed E-state index contributed by atoms with van der Waals surface area (Å²) in [5, 5.41) is 2.04. The number of nitrogens with two attached hydrogens (primary N) is 1. The first-order chi connectivity index (χ1) is 8.83. The largest absolute Gasteiger partial charge is 0.399 e. The minimum Gasteiger partial charge on any atom is -0.399 e. The van der Waals surface area contributed by atoms with Crippen LogP contribution in [0.1, 0.15) is 0 Å².